The summed E-state index contributed by atoms with van der Waals surface area (Å²) in [4.78, 5) is 0.160. The van der Waals surface area contributed by atoms with Crippen LogP contribution in [0.5, 0.6) is 0 Å². The Bertz CT molecular complexity index is 707. The fourth-order valence-electron chi connectivity index (χ4n) is 2.35. The number of aryl methyl sites for hydroxylation is 3. The van der Waals surface area contributed by atoms with Gasteiger partial charge in [0.25, 0.3) is 10.0 Å². The van der Waals surface area contributed by atoms with Crippen LogP contribution in [-0.2, 0) is 23.2 Å². The van der Waals surface area contributed by atoms with Gasteiger partial charge in [-0.1, -0.05) is 6.07 Å². The lowest BCUT2D eigenvalue weighted by Crippen LogP contribution is -2.12. The molecule has 0 saturated carbocycles. The minimum atomic E-state index is -3.65. The van der Waals surface area contributed by atoms with E-state index < -0.39 is 10.0 Å². The van der Waals surface area contributed by atoms with Crippen LogP contribution in [0, 0.1) is 13.8 Å². The first kappa shape index (κ1) is 15.6. The van der Waals surface area contributed by atoms with Crippen LogP contribution in [0.3, 0.4) is 0 Å². The van der Waals surface area contributed by atoms with Crippen molar-refractivity contribution in [2.75, 3.05) is 4.72 Å². The maximum Gasteiger partial charge on any atom is 0.263 e. The summed E-state index contributed by atoms with van der Waals surface area (Å²) < 4.78 is 29.1. The lowest BCUT2D eigenvalue weighted by Gasteiger charge is -2.08. The fraction of sp³-hybridized carbons (Fsp3) is 0.333. The van der Waals surface area contributed by atoms with Crippen molar-refractivity contribution in [3.8, 4) is 0 Å². The normalized spacial score (nSPS) is 11.6. The second-order valence-corrected chi connectivity index (χ2v) is 6.78. The number of aromatic nitrogens is 1. The molecule has 21 heavy (non-hydrogen) atoms. The number of aliphatic hydroxyl groups is 1. The van der Waals surface area contributed by atoms with Crippen LogP contribution >= 0.6 is 0 Å². The molecule has 1 aromatic carbocycles. The summed E-state index contributed by atoms with van der Waals surface area (Å²) in [5, 5.41) is 9.26. The first-order chi connectivity index (χ1) is 9.85. The molecule has 0 atom stereocenters. The number of hydrogen-bond donors (Lipinski definition) is 2. The molecule has 5 nitrogen and oxygen atoms in total. The Hall–Kier alpha value is -1.79. The average Bonchev–Trinajstić information content (AvgIpc) is 2.80. The highest BCUT2D eigenvalue weighted by Gasteiger charge is 2.18. The molecule has 2 aromatic rings. The highest BCUT2D eigenvalue weighted by atomic mass is 32.2. The smallest absolute Gasteiger partial charge is 0.263 e. The van der Waals surface area contributed by atoms with Crippen molar-refractivity contribution < 1.29 is 13.5 Å². The summed E-state index contributed by atoms with van der Waals surface area (Å²) in [5.41, 5.74) is 3.12. The summed E-state index contributed by atoms with van der Waals surface area (Å²) in [7, 11) is -3.65. The lowest BCUT2D eigenvalue weighted by molar-refractivity contribution is 0.271. The van der Waals surface area contributed by atoms with E-state index in [9.17, 15) is 13.5 Å². The molecule has 0 aliphatic heterocycles. The van der Waals surface area contributed by atoms with E-state index in [0.717, 1.165) is 11.1 Å². The monoisotopic (exact) mass is 308 g/mol. The summed E-state index contributed by atoms with van der Waals surface area (Å²) in [6.45, 7) is 6.15. The molecule has 0 bridgehead atoms. The number of nitrogens with one attached hydrogen (secondary N) is 1. The van der Waals surface area contributed by atoms with Crippen LogP contribution in [-0.4, -0.2) is 18.1 Å². The van der Waals surface area contributed by atoms with E-state index in [1.807, 2.05) is 26.8 Å². The number of benzene rings is 1. The summed E-state index contributed by atoms with van der Waals surface area (Å²) >= 11 is 0. The Morgan fingerprint density at radius 1 is 1.14 bits per heavy atom. The van der Waals surface area contributed by atoms with Crippen LogP contribution in [0.4, 0.5) is 5.69 Å². The summed E-state index contributed by atoms with van der Waals surface area (Å²) in [6.07, 6.45) is 1.54. The number of rotatable bonds is 5. The predicted octanol–water partition coefficient (Wildman–Crippen LogP) is 2.42. The molecule has 0 aliphatic rings. The van der Waals surface area contributed by atoms with Gasteiger partial charge in [0.15, 0.2) is 0 Å². The van der Waals surface area contributed by atoms with Crippen molar-refractivity contribution in [3.63, 3.8) is 0 Å². The third-order valence-electron chi connectivity index (χ3n) is 3.25. The van der Waals surface area contributed by atoms with Crippen molar-refractivity contribution in [2.45, 2.75) is 38.8 Å². The molecule has 1 aromatic heterocycles. The van der Waals surface area contributed by atoms with Crippen LogP contribution in [0.25, 0.3) is 0 Å². The lowest BCUT2D eigenvalue weighted by atomic mass is 10.1. The molecule has 0 aliphatic carbocycles. The third kappa shape index (κ3) is 3.46. The molecular weight excluding hydrogens is 288 g/mol. The van der Waals surface area contributed by atoms with Gasteiger partial charge in [0.1, 0.15) is 4.90 Å². The molecule has 0 spiro atoms. The summed E-state index contributed by atoms with van der Waals surface area (Å²) in [5.74, 6) is 0. The molecule has 6 heteroatoms. The topological polar surface area (TPSA) is 71.3 Å². The van der Waals surface area contributed by atoms with Gasteiger partial charge >= 0.3 is 0 Å². The third-order valence-corrected chi connectivity index (χ3v) is 4.60. The second-order valence-electron chi connectivity index (χ2n) is 5.09. The van der Waals surface area contributed by atoms with Crippen LogP contribution < -0.4 is 4.72 Å². The minimum Gasteiger partial charge on any atom is -0.390 e. The van der Waals surface area contributed by atoms with E-state index in [-0.39, 0.29) is 11.5 Å². The number of aliphatic hydroxyl groups excluding tert-OH is 1. The molecule has 0 saturated heterocycles. The van der Waals surface area contributed by atoms with E-state index in [0.29, 0.717) is 17.9 Å². The first-order valence-corrected chi connectivity index (χ1v) is 8.25. The Labute approximate surface area is 125 Å². The van der Waals surface area contributed by atoms with Gasteiger partial charge in [-0.3, -0.25) is 4.72 Å². The molecule has 2 rings (SSSR count). The van der Waals surface area contributed by atoms with Crippen molar-refractivity contribution in [1.29, 1.82) is 0 Å². The van der Waals surface area contributed by atoms with Crippen molar-refractivity contribution in [2.24, 2.45) is 0 Å². The number of hydrogen-bond acceptors (Lipinski definition) is 3. The van der Waals surface area contributed by atoms with E-state index in [4.69, 9.17) is 0 Å². The zero-order valence-electron chi connectivity index (χ0n) is 12.4. The van der Waals surface area contributed by atoms with Gasteiger partial charge in [-0.2, -0.15) is 0 Å². The SMILES string of the molecule is CCn1cc(S(=O)(=O)Nc2cc(C)cc(C)c2)cc1CO. The molecule has 0 radical (unpaired) electrons. The Balaban J connectivity index is 2.35. The second kappa shape index (κ2) is 5.91. The first-order valence-electron chi connectivity index (χ1n) is 6.76. The molecule has 1 heterocycles. The molecule has 114 valence electrons. The van der Waals surface area contributed by atoms with E-state index in [2.05, 4.69) is 4.72 Å². The summed E-state index contributed by atoms with van der Waals surface area (Å²) in [6, 6.07) is 7.05. The standard InChI is InChI=1S/C15H20N2O3S/c1-4-17-9-15(8-14(17)10-18)21(19,20)16-13-6-11(2)5-12(3)7-13/h5-9,16,18H,4,10H2,1-3H3. The Morgan fingerprint density at radius 2 is 1.76 bits per heavy atom. The Kier molecular flexibility index (Phi) is 4.39. The van der Waals surface area contributed by atoms with Gasteiger partial charge in [-0.25, -0.2) is 8.42 Å². The van der Waals surface area contributed by atoms with E-state index in [1.54, 1.807) is 16.7 Å². The molecule has 0 unspecified atom stereocenters. The van der Waals surface area contributed by atoms with Crippen molar-refractivity contribution in [3.05, 3.63) is 47.3 Å². The number of nitrogens with zero attached hydrogens (tertiary/aromatic N) is 1. The van der Waals surface area contributed by atoms with Gasteiger partial charge in [-0.15, -0.1) is 0 Å². The van der Waals surface area contributed by atoms with Crippen molar-refractivity contribution in [1.82, 2.24) is 4.57 Å². The van der Waals surface area contributed by atoms with Gasteiger partial charge in [0.2, 0.25) is 0 Å². The highest BCUT2D eigenvalue weighted by Crippen LogP contribution is 2.21. The average molecular weight is 308 g/mol. The highest BCUT2D eigenvalue weighted by molar-refractivity contribution is 7.92. The van der Waals surface area contributed by atoms with Crippen molar-refractivity contribution >= 4 is 15.7 Å². The molecular formula is C15H20N2O3S. The number of sulfonamides is 1. The predicted molar refractivity (Wildman–Crippen MR) is 82.8 cm³/mol. The maximum atomic E-state index is 12.4. The largest absolute Gasteiger partial charge is 0.390 e. The van der Waals surface area contributed by atoms with Gasteiger partial charge in [0, 0.05) is 24.1 Å². The number of anilines is 1. The van der Waals surface area contributed by atoms with Gasteiger partial charge in [-0.05, 0) is 50.1 Å². The van der Waals surface area contributed by atoms with E-state index in [1.165, 1.54) is 12.3 Å². The van der Waals surface area contributed by atoms with Crippen LogP contribution in [0.15, 0.2) is 35.4 Å². The van der Waals surface area contributed by atoms with Crippen LogP contribution in [0.2, 0.25) is 0 Å². The quantitative estimate of drug-likeness (QED) is 0.891. The minimum absolute atomic E-state index is 0.160. The molecule has 0 fully saturated rings. The van der Waals surface area contributed by atoms with Gasteiger partial charge in [0.05, 0.1) is 6.61 Å². The zero-order valence-corrected chi connectivity index (χ0v) is 13.2. The molecule has 0 amide bonds. The van der Waals surface area contributed by atoms with E-state index >= 15 is 0 Å². The molecule has 2 N–H and O–H groups in total. The Morgan fingerprint density at radius 3 is 2.24 bits per heavy atom. The van der Waals surface area contributed by atoms with Crippen LogP contribution in [0.1, 0.15) is 23.7 Å². The zero-order chi connectivity index (χ0) is 15.6. The fourth-order valence-corrected chi connectivity index (χ4v) is 3.45. The van der Waals surface area contributed by atoms with Gasteiger partial charge < -0.3 is 9.67 Å². The maximum absolute atomic E-state index is 12.4.